The summed E-state index contributed by atoms with van der Waals surface area (Å²) in [5.41, 5.74) is -0.138. The Hall–Kier alpha value is -1.98. The maximum atomic E-state index is 13.3. The highest BCUT2D eigenvalue weighted by molar-refractivity contribution is 5.94. The number of carboxylic acid groups (broad SMARTS) is 1. The van der Waals surface area contributed by atoms with Crippen LogP contribution in [-0.4, -0.2) is 28.0 Å². The molecule has 0 fully saturated rings. The quantitative estimate of drug-likeness (QED) is 0.833. The van der Waals surface area contributed by atoms with Crippen LogP contribution in [0.15, 0.2) is 18.5 Å². The molecule has 1 heterocycles. The first-order chi connectivity index (χ1) is 8.41. The first kappa shape index (κ1) is 14.1. The fourth-order valence-electron chi connectivity index (χ4n) is 1.45. The van der Waals surface area contributed by atoms with Crippen molar-refractivity contribution in [2.24, 2.45) is 5.92 Å². The predicted octanol–water partition coefficient (Wildman–Crippen LogP) is 1.45. The molecule has 0 bridgehead atoms. The van der Waals surface area contributed by atoms with Gasteiger partial charge in [0, 0.05) is 12.2 Å². The molecule has 0 spiro atoms. The average molecular weight is 254 g/mol. The summed E-state index contributed by atoms with van der Waals surface area (Å²) in [5, 5.41) is 11.3. The minimum absolute atomic E-state index is 0.0602. The zero-order chi connectivity index (χ0) is 13.7. The van der Waals surface area contributed by atoms with Gasteiger partial charge in [-0.2, -0.15) is 0 Å². The maximum Gasteiger partial charge on any atom is 0.305 e. The summed E-state index contributed by atoms with van der Waals surface area (Å²) in [5.74, 6) is -2.43. The molecule has 18 heavy (non-hydrogen) atoms. The van der Waals surface area contributed by atoms with Crippen molar-refractivity contribution in [1.82, 2.24) is 10.3 Å². The molecule has 0 aromatic carbocycles. The third kappa shape index (κ3) is 3.80. The van der Waals surface area contributed by atoms with Crippen molar-refractivity contribution in [3.63, 3.8) is 0 Å². The summed E-state index contributed by atoms with van der Waals surface area (Å²) >= 11 is 0. The van der Waals surface area contributed by atoms with Crippen molar-refractivity contribution in [1.29, 1.82) is 0 Å². The number of nitrogens with zero attached hydrogens (tertiary/aromatic N) is 1. The minimum atomic E-state index is -1.01. The van der Waals surface area contributed by atoms with Gasteiger partial charge in [0.25, 0.3) is 5.91 Å². The van der Waals surface area contributed by atoms with Crippen LogP contribution in [0.1, 0.15) is 30.6 Å². The van der Waals surface area contributed by atoms with Gasteiger partial charge in [0.05, 0.1) is 18.2 Å². The number of carbonyl (C=O) groups excluding carboxylic acids is 1. The number of carbonyl (C=O) groups is 2. The normalized spacial score (nSPS) is 12.2. The van der Waals surface area contributed by atoms with Crippen molar-refractivity contribution >= 4 is 11.9 Å². The van der Waals surface area contributed by atoms with Gasteiger partial charge in [-0.1, -0.05) is 13.8 Å². The maximum absolute atomic E-state index is 13.3. The molecule has 1 unspecified atom stereocenters. The second-order valence-corrected chi connectivity index (χ2v) is 4.28. The van der Waals surface area contributed by atoms with Gasteiger partial charge in [-0.05, 0) is 12.0 Å². The zero-order valence-corrected chi connectivity index (χ0v) is 10.2. The Balaban J connectivity index is 2.79. The van der Waals surface area contributed by atoms with Crippen molar-refractivity contribution in [3.8, 4) is 0 Å². The molecule has 0 saturated carbocycles. The Kier molecular flexibility index (Phi) is 4.76. The van der Waals surface area contributed by atoms with Gasteiger partial charge < -0.3 is 10.4 Å². The molecule has 6 heteroatoms. The summed E-state index contributed by atoms with van der Waals surface area (Å²) in [6, 6.07) is 0.714. The summed E-state index contributed by atoms with van der Waals surface area (Å²) < 4.78 is 13.3. The predicted molar refractivity (Wildman–Crippen MR) is 62.5 cm³/mol. The van der Waals surface area contributed by atoms with E-state index < -0.39 is 23.7 Å². The third-order valence-corrected chi connectivity index (χ3v) is 2.53. The highest BCUT2D eigenvalue weighted by atomic mass is 19.1. The number of halogens is 1. The topological polar surface area (TPSA) is 79.3 Å². The number of amides is 1. The SMILES string of the molecule is CC(C)C(CC(=O)O)NC(=O)c1ccncc1F. The van der Waals surface area contributed by atoms with Gasteiger partial charge in [-0.15, -0.1) is 0 Å². The Morgan fingerprint density at radius 1 is 1.50 bits per heavy atom. The lowest BCUT2D eigenvalue weighted by molar-refractivity contribution is -0.137. The van der Waals surface area contributed by atoms with Crippen molar-refractivity contribution < 1.29 is 19.1 Å². The van der Waals surface area contributed by atoms with Crippen LogP contribution in [0.3, 0.4) is 0 Å². The van der Waals surface area contributed by atoms with Gasteiger partial charge in [-0.3, -0.25) is 14.6 Å². The number of nitrogens with one attached hydrogen (secondary N) is 1. The van der Waals surface area contributed by atoms with Gasteiger partial charge in [-0.25, -0.2) is 4.39 Å². The highest BCUT2D eigenvalue weighted by Gasteiger charge is 2.21. The number of aliphatic carboxylic acids is 1. The lowest BCUT2D eigenvalue weighted by atomic mass is 10.0. The molecule has 1 atom stereocenters. The molecule has 0 radical (unpaired) electrons. The van der Waals surface area contributed by atoms with Crippen LogP contribution in [0, 0.1) is 11.7 Å². The average Bonchev–Trinajstić information content (AvgIpc) is 2.27. The molecule has 98 valence electrons. The van der Waals surface area contributed by atoms with E-state index in [1.165, 1.54) is 12.3 Å². The van der Waals surface area contributed by atoms with E-state index in [0.29, 0.717) is 0 Å². The molecule has 0 aliphatic heterocycles. The van der Waals surface area contributed by atoms with Crippen molar-refractivity contribution in [2.75, 3.05) is 0 Å². The lowest BCUT2D eigenvalue weighted by Gasteiger charge is -2.20. The fraction of sp³-hybridized carbons (Fsp3) is 0.417. The first-order valence-corrected chi connectivity index (χ1v) is 5.54. The van der Waals surface area contributed by atoms with Crippen LogP contribution in [0.5, 0.6) is 0 Å². The highest BCUT2D eigenvalue weighted by Crippen LogP contribution is 2.09. The van der Waals surface area contributed by atoms with Crippen LogP contribution in [0.25, 0.3) is 0 Å². The van der Waals surface area contributed by atoms with E-state index in [1.807, 2.05) is 0 Å². The zero-order valence-electron chi connectivity index (χ0n) is 10.2. The number of carboxylic acids is 1. The van der Waals surface area contributed by atoms with E-state index in [1.54, 1.807) is 13.8 Å². The molecule has 0 saturated heterocycles. The molecule has 0 aliphatic carbocycles. The summed E-state index contributed by atoms with van der Waals surface area (Å²) in [6.45, 7) is 3.58. The first-order valence-electron chi connectivity index (χ1n) is 5.54. The van der Waals surface area contributed by atoms with Crippen LogP contribution in [0.2, 0.25) is 0 Å². The summed E-state index contributed by atoms with van der Waals surface area (Å²) in [7, 11) is 0. The standard InChI is InChI=1S/C12H15FN2O3/c1-7(2)10(5-11(16)17)15-12(18)8-3-4-14-6-9(8)13/h3-4,6-7,10H,5H2,1-2H3,(H,15,18)(H,16,17). The lowest BCUT2D eigenvalue weighted by Crippen LogP contribution is -2.40. The van der Waals surface area contributed by atoms with Crippen molar-refractivity contribution in [2.45, 2.75) is 26.3 Å². The Bertz CT molecular complexity index is 449. The van der Waals surface area contributed by atoms with Gasteiger partial charge in [0.2, 0.25) is 0 Å². The molecule has 0 aliphatic rings. The van der Waals surface area contributed by atoms with E-state index in [2.05, 4.69) is 10.3 Å². The van der Waals surface area contributed by atoms with E-state index in [9.17, 15) is 14.0 Å². The number of aromatic nitrogens is 1. The van der Waals surface area contributed by atoms with Crippen LogP contribution >= 0.6 is 0 Å². The summed E-state index contributed by atoms with van der Waals surface area (Å²) in [4.78, 5) is 26.0. The Morgan fingerprint density at radius 2 is 2.17 bits per heavy atom. The van der Waals surface area contributed by atoms with Crippen molar-refractivity contribution in [3.05, 3.63) is 29.8 Å². The third-order valence-electron chi connectivity index (χ3n) is 2.53. The molecular formula is C12H15FN2O3. The minimum Gasteiger partial charge on any atom is -0.481 e. The van der Waals surface area contributed by atoms with E-state index >= 15 is 0 Å². The van der Waals surface area contributed by atoms with Crippen LogP contribution in [-0.2, 0) is 4.79 Å². The van der Waals surface area contributed by atoms with E-state index in [4.69, 9.17) is 5.11 Å². The molecule has 1 rings (SSSR count). The molecule has 1 aromatic rings. The smallest absolute Gasteiger partial charge is 0.305 e. The number of rotatable bonds is 5. The Labute approximate surface area is 104 Å². The van der Waals surface area contributed by atoms with Gasteiger partial charge in [0.15, 0.2) is 5.82 Å². The second-order valence-electron chi connectivity index (χ2n) is 4.28. The number of pyridine rings is 1. The molecule has 1 aromatic heterocycles. The molecule has 2 N–H and O–H groups in total. The van der Waals surface area contributed by atoms with E-state index in [-0.39, 0.29) is 17.9 Å². The second kappa shape index (κ2) is 6.09. The molecule has 5 nitrogen and oxygen atoms in total. The van der Waals surface area contributed by atoms with Gasteiger partial charge in [0.1, 0.15) is 0 Å². The molecule has 1 amide bonds. The van der Waals surface area contributed by atoms with Gasteiger partial charge >= 0.3 is 5.97 Å². The van der Waals surface area contributed by atoms with Crippen LogP contribution < -0.4 is 5.32 Å². The Morgan fingerprint density at radius 3 is 2.67 bits per heavy atom. The van der Waals surface area contributed by atoms with E-state index in [0.717, 1.165) is 6.20 Å². The number of hydrogen-bond donors (Lipinski definition) is 2. The number of hydrogen-bond acceptors (Lipinski definition) is 3. The largest absolute Gasteiger partial charge is 0.481 e. The molecular weight excluding hydrogens is 239 g/mol. The fourth-order valence-corrected chi connectivity index (χ4v) is 1.45. The van der Waals surface area contributed by atoms with Crippen LogP contribution in [0.4, 0.5) is 4.39 Å². The summed E-state index contributed by atoms with van der Waals surface area (Å²) in [6.07, 6.45) is 2.05. The monoisotopic (exact) mass is 254 g/mol.